The zero-order valence-corrected chi connectivity index (χ0v) is 16.0. The van der Waals surface area contributed by atoms with Crippen molar-refractivity contribution < 1.29 is 9.18 Å². The maximum absolute atomic E-state index is 13.4. The quantitative estimate of drug-likeness (QED) is 0.558. The third-order valence-electron chi connectivity index (χ3n) is 4.51. The van der Waals surface area contributed by atoms with Crippen LogP contribution in [0, 0.1) is 5.82 Å². The van der Waals surface area contributed by atoms with E-state index in [1.807, 2.05) is 0 Å². The fourth-order valence-electron chi connectivity index (χ4n) is 3.17. The smallest absolute Gasteiger partial charge is 0.335 e. The largest absolute Gasteiger partial charge is 0.364 e. The van der Waals surface area contributed by atoms with Gasteiger partial charge in [0, 0.05) is 17.1 Å². The number of aromatic nitrogens is 4. The van der Waals surface area contributed by atoms with Crippen LogP contribution in [-0.2, 0) is 6.54 Å². The molecule has 0 atom stereocenters. The number of hydrogen-bond donors (Lipinski definition) is 1. The normalized spacial score (nSPS) is 11.1. The molecule has 4 aromatic rings. The van der Waals surface area contributed by atoms with Gasteiger partial charge in [-0.3, -0.25) is 9.36 Å². The van der Waals surface area contributed by atoms with Crippen molar-refractivity contribution in [2.75, 3.05) is 0 Å². The Balaban J connectivity index is 2.11. The Morgan fingerprint density at radius 1 is 1.10 bits per heavy atom. The summed E-state index contributed by atoms with van der Waals surface area (Å²) in [5.41, 5.74) is 6.51. The van der Waals surface area contributed by atoms with E-state index in [1.165, 1.54) is 33.4 Å². The van der Waals surface area contributed by atoms with E-state index in [4.69, 9.17) is 17.3 Å². The van der Waals surface area contributed by atoms with E-state index in [1.54, 1.807) is 31.2 Å². The van der Waals surface area contributed by atoms with E-state index in [0.717, 1.165) is 0 Å². The van der Waals surface area contributed by atoms with Gasteiger partial charge in [0.25, 0.3) is 5.91 Å². The number of imidazole rings is 1. The topological polar surface area (TPSA) is 95.8 Å². The Bertz CT molecular complexity index is 1290. The molecule has 146 valence electrons. The summed E-state index contributed by atoms with van der Waals surface area (Å²) in [6.07, 6.45) is 0. The first-order valence-electron chi connectivity index (χ1n) is 8.75. The van der Waals surface area contributed by atoms with Gasteiger partial charge in [-0.2, -0.15) is 0 Å². The van der Waals surface area contributed by atoms with Crippen molar-refractivity contribution in [3.05, 3.63) is 75.5 Å². The SMILES string of the molecule is CCn1c(=O)n(-c2ccc(F)cc2)c2nc(-c3ccc(Cl)cc3)nc(C(N)=O)c21. The van der Waals surface area contributed by atoms with Gasteiger partial charge in [0.1, 0.15) is 11.3 Å². The van der Waals surface area contributed by atoms with Crippen LogP contribution in [0.1, 0.15) is 17.4 Å². The molecule has 0 aliphatic rings. The average Bonchev–Trinajstić information content (AvgIpc) is 2.99. The van der Waals surface area contributed by atoms with Crippen molar-refractivity contribution >= 4 is 28.7 Å². The Kier molecular flexibility index (Phi) is 4.63. The molecule has 0 bridgehead atoms. The summed E-state index contributed by atoms with van der Waals surface area (Å²) >= 11 is 5.94. The lowest BCUT2D eigenvalue weighted by Crippen LogP contribution is -2.23. The van der Waals surface area contributed by atoms with Crippen LogP contribution in [0.3, 0.4) is 0 Å². The van der Waals surface area contributed by atoms with E-state index >= 15 is 0 Å². The van der Waals surface area contributed by atoms with E-state index in [9.17, 15) is 14.0 Å². The summed E-state index contributed by atoms with van der Waals surface area (Å²) in [6.45, 7) is 2.03. The molecule has 0 saturated heterocycles. The van der Waals surface area contributed by atoms with Crippen molar-refractivity contribution in [3.8, 4) is 17.1 Å². The van der Waals surface area contributed by atoms with Gasteiger partial charge in [-0.05, 0) is 55.5 Å². The van der Waals surface area contributed by atoms with Crippen LogP contribution < -0.4 is 11.4 Å². The summed E-state index contributed by atoms with van der Waals surface area (Å²) in [7, 11) is 0. The minimum absolute atomic E-state index is 0.0697. The monoisotopic (exact) mass is 411 g/mol. The van der Waals surface area contributed by atoms with Crippen LogP contribution in [-0.4, -0.2) is 25.0 Å². The molecule has 0 saturated carbocycles. The molecule has 29 heavy (non-hydrogen) atoms. The molecule has 2 aromatic heterocycles. The zero-order valence-electron chi connectivity index (χ0n) is 15.3. The number of carbonyl (C=O) groups excluding carboxylic acids is 1. The Morgan fingerprint density at radius 3 is 2.34 bits per heavy atom. The van der Waals surface area contributed by atoms with Crippen LogP contribution in [0.15, 0.2) is 53.3 Å². The van der Waals surface area contributed by atoms with Crippen molar-refractivity contribution in [1.82, 2.24) is 19.1 Å². The van der Waals surface area contributed by atoms with E-state index in [0.29, 0.717) is 16.3 Å². The van der Waals surface area contributed by atoms with Crippen LogP contribution in [0.4, 0.5) is 4.39 Å². The third kappa shape index (κ3) is 3.17. The van der Waals surface area contributed by atoms with Gasteiger partial charge in [0.05, 0.1) is 5.69 Å². The van der Waals surface area contributed by atoms with Gasteiger partial charge in [0.2, 0.25) is 0 Å². The number of primary amides is 1. The number of nitrogens with zero attached hydrogens (tertiary/aromatic N) is 4. The molecule has 2 aromatic carbocycles. The van der Waals surface area contributed by atoms with Gasteiger partial charge < -0.3 is 5.73 Å². The van der Waals surface area contributed by atoms with Crippen molar-refractivity contribution in [2.45, 2.75) is 13.5 Å². The Labute approximate surface area is 169 Å². The molecule has 7 nitrogen and oxygen atoms in total. The molecule has 0 spiro atoms. The molecule has 0 radical (unpaired) electrons. The second-order valence-corrected chi connectivity index (χ2v) is 6.71. The van der Waals surface area contributed by atoms with Crippen LogP contribution in [0.25, 0.3) is 28.2 Å². The number of benzene rings is 2. The lowest BCUT2D eigenvalue weighted by molar-refractivity contribution is 0.0997. The summed E-state index contributed by atoms with van der Waals surface area (Å²) in [5.74, 6) is -1.01. The van der Waals surface area contributed by atoms with E-state index < -0.39 is 17.4 Å². The third-order valence-corrected chi connectivity index (χ3v) is 4.76. The number of amides is 1. The molecule has 2 heterocycles. The zero-order chi connectivity index (χ0) is 20.7. The highest BCUT2D eigenvalue weighted by Gasteiger charge is 2.23. The van der Waals surface area contributed by atoms with E-state index in [-0.39, 0.29) is 29.2 Å². The maximum Gasteiger partial charge on any atom is 0.335 e. The van der Waals surface area contributed by atoms with Crippen molar-refractivity contribution in [2.24, 2.45) is 5.73 Å². The summed E-state index contributed by atoms with van der Waals surface area (Å²) < 4.78 is 16.1. The molecule has 0 fully saturated rings. The predicted octanol–water partition coefficient (Wildman–Crippen LogP) is 3.16. The van der Waals surface area contributed by atoms with Crippen molar-refractivity contribution in [3.63, 3.8) is 0 Å². The molecule has 9 heteroatoms. The Morgan fingerprint density at radius 2 is 1.76 bits per heavy atom. The standard InChI is InChI=1S/C20H15ClFN5O2/c1-2-26-16-15(17(23)28)24-18(11-3-5-12(21)6-4-11)25-19(16)27(20(26)29)14-9-7-13(22)8-10-14/h3-10H,2H2,1H3,(H2,23,28). The fourth-order valence-corrected chi connectivity index (χ4v) is 3.30. The molecule has 1 amide bonds. The number of nitrogens with two attached hydrogens (primary N) is 1. The first-order chi connectivity index (χ1) is 13.9. The lowest BCUT2D eigenvalue weighted by atomic mass is 10.2. The number of aryl methyl sites for hydroxylation is 1. The van der Waals surface area contributed by atoms with Gasteiger partial charge in [0.15, 0.2) is 17.2 Å². The van der Waals surface area contributed by atoms with Gasteiger partial charge in [-0.15, -0.1) is 0 Å². The van der Waals surface area contributed by atoms with Gasteiger partial charge in [-0.25, -0.2) is 23.7 Å². The number of hydrogen-bond acceptors (Lipinski definition) is 4. The number of carbonyl (C=O) groups is 1. The van der Waals surface area contributed by atoms with Crippen LogP contribution in [0.5, 0.6) is 0 Å². The first-order valence-corrected chi connectivity index (χ1v) is 9.13. The highest BCUT2D eigenvalue weighted by Crippen LogP contribution is 2.24. The van der Waals surface area contributed by atoms with Crippen molar-refractivity contribution in [1.29, 1.82) is 0 Å². The lowest BCUT2D eigenvalue weighted by Gasteiger charge is -2.07. The molecule has 0 aliphatic carbocycles. The molecule has 4 rings (SSSR count). The Hall–Kier alpha value is -3.52. The molecule has 2 N–H and O–H groups in total. The van der Waals surface area contributed by atoms with Gasteiger partial charge >= 0.3 is 5.69 Å². The van der Waals surface area contributed by atoms with Crippen LogP contribution >= 0.6 is 11.6 Å². The van der Waals surface area contributed by atoms with Gasteiger partial charge in [-0.1, -0.05) is 11.6 Å². The number of fused-ring (bicyclic) bond motifs is 1. The molecule has 0 aliphatic heterocycles. The second kappa shape index (κ2) is 7.14. The highest BCUT2D eigenvalue weighted by molar-refractivity contribution is 6.30. The van der Waals surface area contributed by atoms with E-state index in [2.05, 4.69) is 9.97 Å². The minimum Gasteiger partial charge on any atom is -0.364 e. The highest BCUT2D eigenvalue weighted by atomic mass is 35.5. The average molecular weight is 412 g/mol. The van der Waals surface area contributed by atoms with Crippen LogP contribution in [0.2, 0.25) is 5.02 Å². The summed E-state index contributed by atoms with van der Waals surface area (Å²) in [5, 5.41) is 0.533. The molecule has 0 unspecified atom stereocenters. The second-order valence-electron chi connectivity index (χ2n) is 6.28. The number of halogens is 2. The minimum atomic E-state index is -0.786. The molecular weight excluding hydrogens is 397 g/mol. The summed E-state index contributed by atoms with van der Waals surface area (Å²) in [4.78, 5) is 34.1. The predicted molar refractivity (Wildman–Crippen MR) is 108 cm³/mol. The number of rotatable bonds is 4. The first kappa shape index (κ1) is 18.8. The summed E-state index contributed by atoms with van der Waals surface area (Å²) in [6, 6.07) is 12.1. The fraction of sp³-hybridized carbons (Fsp3) is 0.100. The maximum atomic E-state index is 13.4. The molecular formula is C20H15ClFN5O2.